The van der Waals surface area contributed by atoms with E-state index in [1.165, 1.54) is 0 Å². The SMILES string of the molecule is NC(=O)C1CCC(n2c(Nc3c(F)ccc(Cl)c3F)nc3cnc(NC4CC5(COC5)C4)nc32)CC1. The molecule has 2 aromatic heterocycles. The number of anilines is 3. The van der Waals surface area contributed by atoms with Crippen LogP contribution in [0.1, 0.15) is 44.6 Å². The van der Waals surface area contributed by atoms with Crippen molar-refractivity contribution in [3.05, 3.63) is 35.0 Å². The number of nitrogens with two attached hydrogens (primary N) is 1. The van der Waals surface area contributed by atoms with Crippen molar-refractivity contribution in [3.63, 3.8) is 0 Å². The largest absolute Gasteiger partial charge is 0.380 e. The minimum absolute atomic E-state index is 0.0970. The number of fused-ring (bicyclic) bond motifs is 1. The number of nitrogens with one attached hydrogen (secondary N) is 2. The molecule has 2 aliphatic carbocycles. The maximum atomic E-state index is 14.7. The Hall–Kier alpha value is -3.05. The highest BCUT2D eigenvalue weighted by Crippen LogP contribution is 2.47. The predicted molar refractivity (Wildman–Crippen MR) is 130 cm³/mol. The Morgan fingerprint density at radius 3 is 2.58 bits per heavy atom. The average molecular weight is 518 g/mol. The number of nitrogens with zero attached hydrogens (tertiary/aromatic N) is 4. The summed E-state index contributed by atoms with van der Waals surface area (Å²) >= 11 is 5.90. The third kappa shape index (κ3) is 4.03. The third-order valence-corrected chi connectivity index (χ3v) is 7.98. The lowest BCUT2D eigenvalue weighted by Gasteiger charge is -2.53. The van der Waals surface area contributed by atoms with Crippen LogP contribution in [0.2, 0.25) is 5.02 Å². The molecule has 3 aromatic rings. The van der Waals surface area contributed by atoms with Gasteiger partial charge in [-0.3, -0.25) is 9.36 Å². The molecule has 0 atom stereocenters. The molecule has 0 radical (unpaired) electrons. The van der Waals surface area contributed by atoms with Crippen molar-refractivity contribution in [2.24, 2.45) is 17.1 Å². The van der Waals surface area contributed by atoms with Crippen LogP contribution in [0.3, 0.4) is 0 Å². The van der Waals surface area contributed by atoms with E-state index in [2.05, 4.69) is 20.6 Å². The first kappa shape index (κ1) is 23.4. The van der Waals surface area contributed by atoms with Gasteiger partial charge in [0.25, 0.3) is 0 Å². The summed E-state index contributed by atoms with van der Waals surface area (Å²) in [6.07, 6.45) is 6.13. The summed E-state index contributed by atoms with van der Waals surface area (Å²) in [5, 5.41) is 5.99. The van der Waals surface area contributed by atoms with Crippen LogP contribution in [0, 0.1) is 23.0 Å². The molecule has 2 saturated carbocycles. The number of imidazole rings is 1. The van der Waals surface area contributed by atoms with E-state index in [0.717, 1.165) is 38.2 Å². The lowest BCUT2D eigenvalue weighted by Crippen LogP contribution is -2.56. The van der Waals surface area contributed by atoms with E-state index in [0.29, 0.717) is 48.2 Å². The molecular formula is C24H26ClF2N7O2. The smallest absolute Gasteiger partial charge is 0.224 e. The van der Waals surface area contributed by atoms with Crippen molar-refractivity contribution in [1.29, 1.82) is 0 Å². The first-order chi connectivity index (χ1) is 17.3. The van der Waals surface area contributed by atoms with Crippen LogP contribution in [-0.4, -0.2) is 44.7 Å². The van der Waals surface area contributed by atoms with Gasteiger partial charge in [-0.05, 0) is 50.7 Å². The second-order valence-corrected chi connectivity index (χ2v) is 10.6. The van der Waals surface area contributed by atoms with Gasteiger partial charge in [0.05, 0.1) is 24.4 Å². The third-order valence-electron chi connectivity index (χ3n) is 7.69. The first-order valence-electron chi connectivity index (χ1n) is 12.1. The topological polar surface area (TPSA) is 120 Å². The van der Waals surface area contributed by atoms with E-state index in [-0.39, 0.29) is 34.9 Å². The van der Waals surface area contributed by atoms with Gasteiger partial charge in [0.15, 0.2) is 11.5 Å². The Morgan fingerprint density at radius 1 is 1.17 bits per heavy atom. The number of carbonyl (C=O) groups excluding carboxylic acids is 1. The molecule has 1 aliphatic heterocycles. The number of rotatable bonds is 6. The molecule has 3 aliphatic rings. The van der Waals surface area contributed by atoms with Gasteiger partial charge < -0.3 is 21.1 Å². The zero-order chi connectivity index (χ0) is 25.0. The molecule has 0 unspecified atom stereocenters. The van der Waals surface area contributed by atoms with E-state index < -0.39 is 17.3 Å². The Bertz CT molecular complexity index is 1330. The molecule has 12 heteroatoms. The number of aromatic nitrogens is 4. The highest BCUT2D eigenvalue weighted by molar-refractivity contribution is 6.31. The maximum Gasteiger partial charge on any atom is 0.224 e. The summed E-state index contributed by atoms with van der Waals surface area (Å²) in [5.41, 5.74) is 6.45. The minimum Gasteiger partial charge on any atom is -0.380 e. The van der Waals surface area contributed by atoms with Gasteiger partial charge in [-0.2, -0.15) is 4.98 Å². The molecule has 9 nitrogen and oxygen atoms in total. The van der Waals surface area contributed by atoms with Gasteiger partial charge in [0.2, 0.25) is 17.8 Å². The van der Waals surface area contributed by atoms with Gasteiger partial charge in [0, 0.05) is 23.4 Å². The number of hydrogen-bond acceptors (Lipinski definition) is 7. The average Bonchev–Trinajstić information content (AvgIpc) is 3.17. The molecule has 3 fully saturated rings. The quantitative estimate of drug-likeness (QED) is 0.417. The van der Waals surface area contributed by atoms with Crippen LogP contribution >= 0.6 is 11.6 Å². The highest BCUT2D eigenvalue weighted by atomic mass is 35.5. The standard InChI is InChI=1S/C24H26ClF2N7O2/c25-15-5-6-16(26)19(18(15)27)32-23-31-17-9-29-22(30-13-7-24(8-13)10-36-11-24)33-21(17)34(23)14-3-1-12(2-4-14)20(28)35/h5-6,9,12-14H,1-4,7-8,10-11H2,(H2,28,35)(H,31,32)(H,29,30,33). The molecule has 3 heterocycles. The van der Waals surface area contributed by atoms with Gasteiger partial charge in [-0.25, -0.2) is 18.7 Å². The lowest BCUT2D eigenvalue weighted by atomic mass is 9.64. The molecule has 190 valence electrons. The number of primary amides is 1. The van der Waals surface area contributed by atoms with Gasteiger partial charge in [-0.15, -0.1) is 0 Å². The van der Waals surface area contributed by atoms with Crippen molar-refractivity contribution in [2.45, 2.75) is 50.6 Å². The van der Waals surface area contributed by atoms with Crippen LogP contribution in [0.4, 0.5) is 26.4 Å². The van der Waals surface area contributed by atoms with E-state index in [4.69, 9.17) is 27.1 Å². The molecule has 1 saturated heterocycles. The summed E-state index contributed by atoms with van der Waals surface area (Å²) in [7, 11) is 0. The van der Waals surface area contributed by atoms with Crippen molar-refractivity contribution in [2.75, 3.05) is 23.8 Å². The molecule has 1 aromatic carbocycles. The second-order valence-electron chi connectivity index (χ2n) is 10.2. The summed E-state index contributed by atoms with van der Waals surface area (Å²) in [6, 6.07) is 2.43. The molecule has 36 heavy (non-hydrogen) atoms. The Kier molecular flexibility index (Phi) is 5.71. The minimum atomic E-state index is -0.903. The summed E-state index contributed by atoms with van der Waals surface area (Å²) in [4.78, 5) is 25.4. The van der Waals surface area contributed by atoms with Crippen LogP contribution in [-0.2, 0) is 9.53 Å². The van der Waals surface area contributed by atoms with Crippen molar-refractivity contribution >= 4 is 46.3 Å². The number of halogens is 3. The molecule has 6 rings (SSSR count). The van der Waals surface area contributed by atoms with E-state index >= 15 is 0 Å². The van der Waals surface area contributed by atoms with Gasteiger partial charge >= 0.3 is 0 Å². The number of hydrogen-bond donors (Lipinski definition) is 3. The van der Waals surface area contributed by atoms with Crippen LogP contribution in [0.15, 0.2) is 18.3 Å². The monoisotopic (exact) mass is 517 g/mol. The van der Waals surface area contributed by atoms with Crippen LogP contribution in [0.25, 0.3) is 11.2 Å². The van der Waals surface area contributed by atoms with Gasteiger partial charge in [-0.1, -0.05) is 11.6 Å². The van der Waals surface area contributed by atoms with E-state index in [1.54, 1.807) is 6.20 Å². The maximum absolute atomic E-state index is 14.7. The fourth-order valence-electron chi connectivity index (χ4n) is 5.66. The van der Waals surface area contributed by atoms with Crippen molar-refractivity contribution < 1.29 is 18.3 Å². The Morgan fingerprint density at radius 2 is 1.92 bits per heavy atom. The predicted octanol–water partition coefficient (Wildman–Crippen LogP) is 4.31. The normalized spacial score (nSPS) is 23.3. The lowest BCUT2D eigenvalue weighted by molar-refractivity contribution is -0.160. The number of amides is 1. The molecular weight excluding hydrogens is 492 g/mol. The zero-order valence-electron chi connectivity index (χ0n) is 19.4. The summed E-state index contributed by atoms with van der Waals surface area (Å²) < 4.78 is 36.4. The highest BCUT2D eigenvalue weighted by Gasteiger charge is 2.50. The second kappa shape index (κ2) is 8.81. The molecule has 0 bridgehead atoms. The Labute approximate surface area is 210 Å². The molecule has 1 spiro atoms. The fraction of sp³-hybridized carbons (Fsp3) is 0.500. The first-order valence-corrected chi connectivity index (χ1v) is 12.5. The molecule has 1 amide bonds. The zero-order valence-corrected chi connectivity index (χ0v) is 20.2. The molecule has 4 N–H and O–H groups in total. The van der Waals surface area contributed by atoms with Crippen molar-refractivity contribution in [3.8, 4) is 0 Å². The Balaban J connectivity index is 1.34. The summed E-state index contributed by atoms with van der Waals surface area (Å²) in [6.45, 7) is 1.61. The summed E-state index contributed by atoms with van der Waals surface area (Å²) in [5.74, 6) is -1.49. The number of carbonyl (C=O) groups is 1. The van der Waals surface area contributed by atoms with Crippen LogP contribution < -0.4 is 16.4 Å². The van der Waals surface area contributed by atoms with E-state index in [1.807, 2.05) is 4.57 Å². The van der Waals surface area contributed by atoms with Gasteiger partial charge in [0.1, 0.15) is 17.0 Å². The van der Waals surface area contributed by atoms with Crippen LogP contribution in [0.5, 0.6) is 0 Å². The van der Waals surface area contributed by atoms with Crippen molar-refractivity contribution in [1.82, 2.24) is 19.5 Å². The number of ether oxygens (including phenoxy) is 1. The van der Waals surface area contributed by atoms with E-state index in [9.17, 15) is 13.6 Å². The number of benzene rings is 1. The fourth-order valence-corrected chi connectivity index (χ4v) is 5.82.